The normalized spacial score (nSPS) is 10.2. The van der Waals surface area contributed by atoms with Gasteiger partial charge in [0.25, 0.3) is 5.91 Å². The van der Waals surface area contributed by atoms with E-state index < -0.39 is 5.97 Å². The van der Waals surface area contributed by atoms with E-state index >= 15 is 0 Å². The molecule has 0 atom stereocenters. The number of aromatic carboxylic acids is 1. The fourth-order valence-electron chi connectivity index (χ4n) is 2.09. The van der Waals surface area contributed by atoms with Gasteiger partial charge in [-0.15, -0.1) is 0 Å². The zero-order valence-corrected chi connectivity index (χ0v) is 12.4. The van der Waals surface area contributed by atoms with Crippen LogP contribution in [0.25, 0.3) is 0 Å². The largest absolute Gasteiger partial charge is 0.478 e. The highest BCUT2D eigenvalue weighted by Crippen LogP contribution is 2.20. The van der Waals surface area contributed by atoms with E-state index in [1.807, 2.05) is 19.9 Å². The number of carboxylic acids is 1. The molecule has 0 saturated heterocycles. The summed E-state index contributed by atoms with van der Waals surface area (Å²) in [6.07, 6.45) is 0. The Morgan fingerprint density at radius 2 is 1.57 bits per heavy atom. The number of hydrogen-bond acceptors (Lipinski definition) is 2. The molecule has 0 saturated carbocycles. The van der Waals surface area contributed by atoms with Gasteiger partial charge in [0, 0.05) is 16.3 Å². The number of carbonyl (C=O) groups is 2. The third kappa shape index (κ3) is 3.83. The van der Waals surface area contributed by atoms with Crippen molar-refractivity contribution in [1.82, 2.24) is 0 Å². The lowest BCUT2D eigenvalue weighted by Crippen LogP contribution is -2.13. The Balaban J connectivity index is 2.29. The minimum atomic E-state index is -1.10. The van der Waals surface area contributed by atoms with E-state index in [9.17, 15) is 9.59 Å². The minimum absolute atomic E-state index is 0.0261. The number of halogens is 1. The Bertz CT molecular complexity index is 705. The van der Waals surface area contributed by atoms with Crippen molar-refractivity contribution in [3.63, 3.8) is 0 Å². The summed E-state index contributed by atoms with van der Waals surface area (Å²) >= 11 is 5.86. The Morgan fingerprint density at radius 3 is 2.14 bits per heavy atom. The van der Waals surface area contributed by atoms with Crippen LogP contribution in [0.3, 0.4) is 0 Å². The second kappa shape index (κ2) is 5.97. The summed E-state index contributed by atoms with van der Waals surface area (Å²) in [4.78, 5) is 23.2. The zero-order valence-electron chi connectivity index (χ0n) is 11.6. The molecule has 4 nitrogen and oxygen atoms in total. The summed E-state index contributed by atoms with van der Waals surface area (Å²) in [7, 11) is 0. The van der Waals surface area contributed by atoms with Gasteiger partial charge in [-0.05, 0) is 44.2 Å². The molecule has 2 N–H and O–H groups in total. The molecule has 0 fully saturated rings. The van der Waals surface area contributed by atoms with Crippen LogP contribution in [0.1, 0.15) is 31.8 Å². The summed E-state index contributed by atoms with van der Waals surface area (Å²) in [5.74, 6) is -1.40. The second-order valence-corrected chi connectivity index (χ2v) is 5.30. The van der Waals surface area contributed by atoms with Crippen LogP contribution in [0.4, 0.5) is 5.69 Å². The maximum atomic E-state index is 12.2. The monoisotopic (exact) mass is 303 g/mol. The number of hydrogen-bond donors (Lipinski definition) is 2. The van der Waals surface area contributed by atoms with Crippen molar-refractivity contribution in [2.75, 3.05) is 5.32 Å². The number of amides is 1. The highest BCUT2D eigenvalue weighted by molar-refractivity contribution is 6.31. The van der Waals surface area contributed by atoms with Gasteiger partial charge in [-0.2, -0.15) is 0 Å². The summed E-state index contributed by atoms with van der Waals surface area (Å²) in [5, 5.41) is 11.9. The molecule has 0 aromatic heterocycles. The smallest absolute Gasteiger partial charge is 0.335 e. The lowest BCUT2D eigenvalue weighted by Gasteiger charge is -2.08. The van der Waals surface area contributed by atoms with Crippen LogP contribution in [0.2, 0.25) is 5.02 Å². The SMILES string of the molecule is Cc1cc(C)cc(C(=O)Nc2cc(Cl)cc(C(=O)O)c2)c1. The molecule has 21 heavy (non-hydrogen) atoms. The molecule has 2 rings (SSSR count). The maximum absolute atomic E-state index is 12.2. The predicted octanol–water partition coefficient (Wildman–Crippen LogP) is 3.91. The molecular formula is C16H14ClNO3. The van der Waals surface area contributed by atoms with E-state index in [2.05, 4.69) is 5.32 Å². The molecule has 0 bridgehead atoms. The molecule has 108 valence electrons. The van der Waals surface area contributed by atoms with Crippen LogP contribution in [0, 0.1) is 13.8 Å². The summed E-state index contributed by atoms with van der Waals surface area (Å²) < 4.78 is 0. The van der Waals surface area contributed by atoms with Crippen LogP contribution in [0.15, 0.2) is 36.4 Å². The first-order valence-electron chi connectivity index (χ1n) is 6.28. The van der Waals surface area contributed by atoms with Crippen molar-refractivity contribution in [2.24, 2.45) is 0 Å². The van der Waals surface area contributed by atoms with Crippen LogP contribution < -0.4 is 5.32 Å². The average molecular weight is 304 g/mol. The van der Waals surface area contributed by atoms with Crippen LogP contribution in [-0.2, 0) is 0 Å². The topological polar surface area (TPSA) is 66.4 Å². The van der Waals surface area contributed by atoms with Gasteiger partial charge in [-0.25, -0.2) is 4.79 Å². The summed E-state index contributed by atoms with van der Waals surface area (Å²) in [6, 6.07) is 9.72. The van der Waals surface area contributed by atoms with Crippen molar-refractivity contribution in [3.8, 4) is 0 Å². The van der Waals surface area contributed by atoms with Gasteiger partial charge in [0.2, 0.25) is 0 Å². The van der Waals surface area contributed by atoms with Gasteiger partial charge in [-0.3, -0.25) is 4.79 Å². The van der Waals surface area contributed by atoms with E-state index in [0.29, 0.717) is 11.3 Å². The van der Waals surface area contributed by atoms with E-state index in [-0.39, 0.29) is 16.5 Å². The molecule has 0 radical (unpaired) electrons. The Morgan fingerprint density at radius 1 is 0.952 bits per heavy atom. The minimum Gasteiger partial charge on any atom is -0.478 e. The number of benzene rings is 2. The lowest BCUT2D eigenvalue weighted by atomic mass is 10.1. The Hall–Kier alpha value is -2.33. The molecule has 1 amide bonds. The lowest BCUT2D eigenvalue weighted by molar-refractivity contribution is 0.0696. The first-order valence-corrected chi connectivity index (χ1v) is 6.66. The molecule has 5 heteroatoms. The highest BCUT2D eigenvalue weighted by atomic mass is 35.5. The number of anilines is 1. The molecule has 0 aliphatic carbocycles. The van der Waals surface area contributed by atoms with Crippen molar-refractivity contribution in [3.05, 3.63) is 63.7 Å². The predicted molar refractivity (Wildman–Crippen MR) is 82.3 cm³/mol. The van der Waals surface area contributed by atoms with Crippen LogP contribution in [-0.4, -0.2) is 17.0 Å². The van der Waals surface area contributed by atoms with Gasteiger partial charge in [0.15, 0.2) is 0 Å². The fourth-order valence-corrected chi connectivity index (χ4v) is 2.33. The highest BCUT2D eigenvalue weighted by Gasteiger charge is 2.11. The number of carbonyl (C=O) groups excluding carboxylic acids is 1. The van der Waals surface area contributed by atoms with Crippen molar-refractivity contribution in [2.45, 2.75) is 13.8 Å². The number of rotatable bonds is 3. The second-order valence-electron chi connectivity index (χ2n) is 4.86. The quantitative estimate of drug-likeness (QED) is 0.903. The van der Waals surface area contributed by atoms with Gasteiger partial charge in [0.05, 0.1) is 5.56 Å². The molecule has 0 heterocycles. The Kier molecular flexibility index (Phi) is 4.29. The van der Waals surface area contributed by atoms with Gasteiger partial charge >= 0.3 is 5.97 Å². The van der Waals surface area contributed by atoms with Crippen LogP contribution >= 0.6 is 11.6 Å². The van der Waals surface area contributed by atoms with E-state index in [1.165, 1.54) is 18.2 Å². The third-order valence-electron chi connectivity index (χ3n) is 2.89. The van der Waals surface area contributed by atoms with Crippen molar-refractivity contribution < 1.29 is 14.7 Å². The summed E-state index contributed by atoms with van der Waals surface area (Å²) in [6.45, 7) is 3.82. The van der Waals surface area contributed by atoms with Gasteiger partial charge < -0.3 is 10.4 Å². The molecule has 0 aliphatic rings. The standard InChI is InChI=1S/C16H14ClNO3/c1-9-3-10(2)5-11(4-9)15(19)18-14-7-12(16(20)21)6-13(17)8-14/h3-8H,1-2H3,(H,18,19)(H,20,21). The first kappa shape index (κ1) is 15.1. The number of nitrogens with one attached hydrogen (secondary N) is 1. The maximum Gasteiger partial charge on any atom is 0.335 e. The van der Waals surface area contributed by atoms with E-state index in [4.69, 9.17) is 16.7 Å². The van der Waals surface area contributed by atoms with E-state index in [1.54, 1.807) is 12.1 Å². The fraction of sp³-hybridized carbons (Fsp3) is 0.125. The number of carboxylic acid groups (broad SMARTS) is 1. The van der Waals surface area contributed by atoms with Gasteiger partial charge in [-0.1, -0.05) is 28.8 Å². The average Bonchev–Trinajstić information content (AvgIpc) is 2.36. The Labute approximate surface area is 127 Å². The molecule has 0 unspecified atom stereocenters. The summed E-state index contributed by atoms with van der Waals surface area (Å²) in [5.41, 5.74) is 2.86. The zero-order chi connectivity index (χ0) is 15.6. The molecule has 2 aromatic carbocycles. The third-order valence-corrected chi connectivity index (χ3v) is 3.10. The first-order chi connectivity index (χ1) is 9.85. The van der Waals surface area contributed by atoms with Crippen LogP contribution in [0.5, 0.6) is 0 Å². The van der Waals surface area contributed by atoms with Crippen molar-refractivity contribution in [1.29, 1.82) is 0 Å². The van der Waals surface area contributed by atoms with E-state index in [0.717, 1.165) is 11.1 Å². The molecule has 0 aliphatic heterocycles. The molecule has 0 spiro atoms. The number of aryl methyl sites for hydroxylation is 2. The molecule has 2 aromatic rings. The van der Waals surface area contributed by atoms with Gasteiger partial charge in [0.1, 0.15) is 0 Å². The molecular weight excluding hydrogens is 290 g/mol. The van der Waals surface area contributed by atoms with Crippen molar-refractivity contribution >= 4 is 29.2 Å².